The standard InChI is InChI=1S/C23H20N2O4/c1-25(14-16-7-3-2-4-8-16)23(27)18-9-5-6-10-19(18)24-22(26)17-11-12-20-21(13-17)29-15-28-20/h2-13H,14-15H2,1H3,(H,24,26). The number of anilines is 1. The van der Waals surface area contributed by atoms with E-state index < -0.39 is 0 Å². The zero-order valence-corrected chi connectivity index (χ0v) is 15.9. The van der Waals surface area contributed by atoms with Gasteiger partial charge in [0.2, 0.25) is 6.79 Å². The fourth-order valence-corrected chi connectivity index (χ4v) is 3.15. The number of amides is 2. The highest BCUT2D eigenvalue weighted by Gasteiger charge is 2.20. The van der Waals surface area contributed by atoms with Crippen molar-refractivity contribution in [3.8, 4) is 11.5 Å². The van der Waals surface area contributed by atoms with Crippen LogP contribution in [0.1, 0.15) is 26.3 Å². The van der Waals surface area contributed by atoms with Crippen LogP contribution in [0.4, 0.5) is 5.69 Å². The molecular weight excluding hydrogens is 368 g/mol. The third-order valence-corrected chi connectivity index (χ3v) is 4.65. The van der Waals surface area contributed by atoms with Crippen LogP contribution in [0.25, 0.3) is 0 Å². The summed E-state index contributed by atoms with van der Waals surface area (Å²) in [6.07, 6.45) is 0. The number of para-hydroxylation sites is 1. The molecule has 6 heteroatoms. The first-order chi connectivity index (χ1) is 14.1. The van der Waals surface area contributed by atoms with E-state index in [1.807, 2.05) is 30.3 Å². The molecule has 0 atom stereocenters. The molecule has 1 heterocycles. The minimum absolute atomic E-state index is 0.144. The molecule has 0 unspecified atom stereocenters. The summed E-state index contributed by atoms with van der Waals surface area (Å²) in [5.74, 6) is 0.647. The van der Waals surface area contributed by atoms with Crippen LogP contribution in [0.15, 0.2) is 72.8 Å². The monoisotopic (exact) mass is 388 g/mol. The average molecular weight is 388 g/mol. The van der Waals surface area contributed by atoms with E-state index in [0.717, 1.165) is 5.56 Å². The lowest BCUT2D eigenvalue weighted by Crippen LogP contribution is -2.27. The van der Waals surface area contributed by atoms with Crippen LogP contribution >= 0.6 is 0 Å². The van der Waals surface area contributed by atoms with Crippen LogP contribution in [0, 0.1) is 0 Å². The molecule has 3 aromatic carbocycles. The highest BCUT2D eigenvalue weighted by atomic mass is 16.7. The Morgan fingerprint density at radius 2 is 1.66 bits per heavy atom. The SMILES string of the molecule is CN(Cc1ccccc1)C(=O)c1ccccc1NC(=O)c1ccc2c(c1)OCO2. The van der Waals surface area contributed by atoms with E-state index in [1.54, 1.807) is 54.4 Å². The van der Waals surface area contributed by atoms with Crippen molar-refractivity contribution in [2.45, 2.75) is 6.54 Å². The number of benzene rings is 3. The highest BCUT2D eigenvalue weighted by Crippen LogP contribution is 2.32. The number of nitrogens with one attached hydrogen (secondary N) is 1. The van der Waals surface area contributed by atoms with Crippen LogP contribution in [0.3, 0.4) is 0 Å². The molecule has 0 aliphatic carbocycles. The van der Waals surface area contributed by atoms with Gasteiger partial charge < -0.3 is 19.7 Å². The van der Waals surface area contributed by atoms with Crippen LogP contribution in [0.5, 0.6) is 11.5 Å². The van der Waals surface area contributed by atoms with Crippen LogP contribution in [-0.4, -0.2) is 30.6 Å². The second-order valence-electron chi connectivity index (χ2n) is 6.71. The Morgan fingerprint density at radius 3 is 2.48 bits per heavy atom. The molecule has 29 heavy (non-hydrogen) atoms. The maximum absolute atomic E-state index is 13.0. The summed E-state index contributed by atoms with van der Waals surface area (Å²) >= 11 is 0. The summed E-state index contributed by atoms with van der Waals surface area (Å²) in [4.78, 5) is 27.3. The molecule has 0 spiro atoms. The maximum Gasteiger partial charge on any atom is 0.256 e. The molecule has 0 bridgehead atoms. The Labute approximate surface area is 168 Å². The highest BCUT2D eigenvalue weighted by molar-refractivity contribution is 6.09. The van der Waals surface area contributed by atoms with Crippen molar-refractivity contribution in [3.05, 3.63) is 89.5 Å². The van der Waals surface area contributed by atoms with E-state index in [9.17, 15) is 9.59 Å². The van der Waals surface area contributed by atoms with Crippen molar-refractivity contribution in [3.63, 3.8) is 0 Å². The van der Waals surface area contributed by atoms with E-state index in [4.69, 9.17) is 9.47 Å². The van der Waals surface area contributed by atoms with Crippen molar-refractivity contribution in [2.24, 2.45) is 0 Å². The molecule has 0 aromatic heterocycles. The first kappa shape index (κ1) is 18.6. The maximum atomic E-state index is 13.0. The van der Waals surface area contributed by atoms with E-state index in [-0.39, 0.29) is 18.6 Å². The zero-order valence-electron chi connectivity index (χ0n) is 15.9. The van der Waals surface area contributed by atoms with Gasteiger partial charge in [0.05, 0.1) is 11.3 Å². The van der Waals surface area contributed by atoms with Crippen molar-refractivity contribution < 1.29 is 19.1 Å². The smallest absolute Gasteiger partial charge is 0.256 e. The van der Waals surface area contributed by atoms with Crippen molar-refractivity contribution in [1.29, 1.82) is 0 Å². The fraction of sp³-hybridized carbons (Fsp3) is 0.130. The molecule has 1 aliphatic heterocycles. The van der Waals surface area contributed by atoms with Gasteiger partial charge in [-0.3, -0.25) is 9.59 Å². The number of carbonyl (C=O) groups is 2. The second kappa shape index (κ2) is 8.06. The average Bonchev–Trinajstić information content (AvgIpc) is 3.22. The number of carbonyl (C=O) groups excluding carboxylic acids is 2. The molecule has 2 amide bonds. The number of hydrogen-bond acceptors (Lipinski definition) is 4. The second-order valence-corrected chi connectivity index (χ2v) is 6.71. The molecule has 0 fully saturated rings. The zero-order chi connectivity index (χ0) is 20.2. The minimum Gasteiger partial charge on any atom is -0.454 e. The number of ether oxygens (including phenoxy) is 2. The van der Waals surface area contributed by atoms with Gasteiger partial charge in [0.25, 0.3) is 11.8 Å². The van der Waals surface area contributed by atoms with Gasteiger partial charge in [-0.05, 0) is 35.9 Å². The quantitative estimate of drug-likeness (QED) is 0.719. The van der Waals surface area contributed by atoms with Crippen molar-refractivity contribution >= 4 is 17.5 Å². The molecular formula is C23H20N2O4. The number of nitrogens with zero attached hydrogens (tertiary/aromatic N) is 1. The van der Waals surface area contributed by atoms with Gasteiger partial charge in [0.15, 0.2) is 11.5 Å². The summed E-state index contributed by atoms with van der Waals surface area (Å²) < 4.78 is 10.6. The van der Waals surface area contributed by atoms with Gasteiger partial charge in [0.1, 0.15) is 0 Å². The molecule has 4 rings (SSSR count). The fourth-order valence-electron chi connectivity index (χ4n) is 3.15. The number of rotatable bonds is 5. The van der Waals surface area contributed by atoms with E-state index in [0.29, 0.717) is 34.9 Å². The van der Waals surface area contributed by atoms with E-state index in [2.05, 4.69) is 5.32 Å². The summed E-state index contributed by atoms with van der Waals surface area (Å²) in [6.45, 7) is 0.621. The van der Waals surface area contributed by atoms with Gasteiger partial charge in [0, 0.05) is 19.2 Å². The number of fused-ring (bicyclic) bond motifs is 1. The molecule has 0 radical (unpaired) electrons. The Kier molecular flexibility index (Phi) is 5.16. The summed E-state index contributed by atoms with van der Waals surface area (Å²) in [5.41, 5.74) is 2.35. The Hall–Kier alpha value is -3.80. The van der Waals surface area contributed by atoms with Crippen molar-refractivity contribution in [2.75, 3.05) is 19.2 Å². The number of hydrogen-bond donors (Lipinski definition) is 1. The van der Waals surface area contributed by atoms with Gasteiger partial charge in [-0.2, -0.15) is 0 Å². The Bertz CT molecular complexity index is 1050. The van der Waals surface area contributed by atoms with Crippen LogP contribution in [-0.2, 0) is 6.54 Å². The van der Waals surface area contributed by atoms with Gasteiger partial charge >= 0.3 is 0 Å². The van der Waals surface area contributed by atoms with Gasteiger partial charge in [-0.1, -0.05) is 42.5 Å². The Balaban J connectivity index is 1.52. The molecule has 1 N–H and O–H groups in total. The Morgan fingerprint density at radius 1 is 0.931 bits per heavy atom. The third-order valence-electron chi connectivity index (χ3n) is 4.65. The topological polar surface area (TPSA) is 67.9 Å². The van der Waals surface area contributed by atoms with Crippen molar-refractivity contribution in [1.82, 2.24) is 4.90 Å². The lowest BCUT2D eigenvalue weighted by molar-refractivity contribution is 0.0786. The van der Waals surface area contributed by atoms with Crippen LogP contribution < -0.4 is 14.8 Å². The van der Waals surface area contributed by atoms with Crippen LogP contribution in [0.2, 0.25) is 0 Å². The molecule has 0 saturated carbocycles. The van der Waals surface area contributed by atoms with Gasteiger partial charge in [-0.15, -0.1) is 0 Å². The van der Waals surface area contributed by atoms with E-state index in [1.165, 1.54) is 0 Å². The molecule has 146 valence electrons. The normalized spacial score (nSPS) is 11.8. The minimum atomic E-state index is -0.325. The summed E-state index contributed by atoms with van der Waals surface area (Å²) in [6, 6.07) is 21.7. The lowest BCUT2D eigenvalue weighted by atomic mass is 10.1. The first-order valence-corrected chi connectivity index (χ1v) is 9.21. The molecule has 3 aromatic rings. The first-order valence-electron chi connectivity index (χ1n) is 9.21. The molecule has 6 nitrogen and oxygen atoms in total. The predicted octanol–water partition coefficient (Wildman–Crippen LogP) is 3.94. The van der Waals surface area contributed by atoms with Gasteiger partial charge in [-0.25, -0.2) is 0 Å². The predicted molar refractivity (Wildman–Crippen MR) is 109 cm³/mol. The largest absolute Gasteiger partial charge is 0.454 e. The molecule has 0 saturated heterocycles. The summed E-state index contributed by atoms with van der Waals surface area (Å²) in [5, 5.41) is 2.83. The van der Waals surface area contributed by atoms with E-state index >= 15 is 0 Å². The molecule has 1 aliphatic rings. The summed E-state index contributed by atoms with van der Waals surface area (Å²) in [7, 11) is 1.74. The third kappa shape index (κ3) is 4.06. The lowest BCUT2D eigenvalue weighted by Gasteiger charge is -2.19.